The van der Waals surface area contributed by atoms with Crippen molar-refractivity contribution in [3.63, 3.8) is 0 Å². The summed E-state index contributed by atoms with van der Waals surface area (Å²) in [6.45, 7) is 3.81. The molecule has 0 unspecified atom stereocenters. The quantitative estimate of drug-likeness (QED) is 0.890. The summed E-state index contributed by atoms with van der Waals surface area (Å²) in [5, 5.41) is 15.9. The molecule has 0 aliphatic rings. The maximum absolute atomic E-state index is 12.2. The van der Waals surface area contributed by atoms with Gasteiger partial charge in [-0.15, -0.1) is 0 Å². The first kappa shape index (κ1) is 17.7. The van der Waals surface area contributed by atoms with Crippen molar-refractivity contribution < 1.29 is 13.2 Å². The van der Waals surface area contributed by atoms with E-state index in [2.05, 4.69) is 10.4 Å². The number of sulfone groups is 1. The van der Waals surface area contributed by atoms with E-state index in [1.807, 2.05) is 19.9 Å². The predicted molar refractivity (Wildman–Crippen MR) is 89.2 cm³/mol. The molecule has 0 atom stereocenters. The van der Waals surface area contributed by atoms with E-state index < -0.39 is 15.7 Å². The van der Waals surface area contributed by atoms with Gasteiger partial charge in [-0.25, -0.2) is 8.42 Å². The molecule has 0 bridgehead atoms. The highest BCUT2D eigenvalue weighted by atomic mass is 32.2. The number of carbonyl (C=O) groups excluding carboxylic acids is 1. The number of nitriles is 1. The van der Waals surface area contributed by atoms with Crippen LogP contribution in [0.4, 0.5) is 5.82 Å². The summed E-state index contributed by atoms with van der Waals surface area (Å²) in [5.74, 6) is -0.260. The third-order valence-electron chi connectivity index (χ3n) is 3.36. The van der Waals surface area contributed by atoms with E-state index in [9.17, 15) is 13.2 Å². The number of benzene rings is 1. The lowest BCUT2D eigenvalue weighted by Crippen LogP contribution is -2.17. The Balaban J connectivity index is 2.23. The van der Waals surface area contributed by atoms with Gasteiger partial charge in [0.2, 0.25) is 5.91 Å². The molecule has 1 aromatic carbocycles. The standard InChI is InChI=1S/C16H18N4O3S/c1-11(2)20-10-13(9-17)16(19-20)18-15(21)8-12-6-4-5-7-14(12)24(3,22)23/h4-7,10-11H,8H2,1-3H3,(H,18,19,21). The fraction of sp³-hybridized carbons (Fsp3) is 0.312. The third-order valence-corrected chi connectivity index (χ3v) is 4.56. The van der Waals surface area contributed by atoms with Gasteiger partial charge in [-0.2, -0.15) is 10.4 Å². The molecule has 7 nitrogen and oxygen atoms in total. The van der Waals surface area contributed by atoms with Gasteiger partial charge >= 0.3 is 0 Å². The van der Waals surface area contributed by atoms with Crippen molar-refractivity contribution in [1.29, 1.82) is 5.26 Å². The average Bonchev–Trinajstić information content (AvgIpc) is 2.89. The summed E-state index contributed by atoms with van der Waals surface area (Å²) < 4.78 is 25.1. The first-order valence-corrected chi connectivity index (χ1v) is 9.18. The largest absolute Gasteiger partial charge is 0.308 e. The molecule has 0 spiro atoms. The number of nitrogens with zero attached hydrogens (tertiary/aromatic N) is 3. The minimum atomic E-state index is -3.42. The lowest BCUT2D eigenvalue weighted by atomic mass is 10.1. The van der Waals surface area contributed by atoms with Crippen molar-refractivity contribution in [3.05, 3.63) is 41.6 Å². The first-order valence-electron chi connectivity index (χ1n) is 7.29. The Morgan fingerprint density at radius 2 is 2.04 bits per heavy atom. The molecule has 1 heterocycles. The van der Waals surface area contributed by atoms with Crippen molar-refractivity contribution in [2.45, 2.75) is 31.2 Å². The summed E-state index contributed by atoms with van der Waals surface area (Å²) >= 11 is 0. The third kappa shape index (κ3) is 4.00. The number of nitrogens with one attached hydrogen (secondary N) is 1. The van der Waals surface area contributed by atoms with Crippen molar-refractivity contribution in [2.24, 2.45) is 0 Å². The molecule has 126 valence electrons. The minimum Gasteiger partial charge on any atom is -0.308 e. The van der Waals surface area contributed by atoms with Crippen molar-refractivity contribution >= 4 is 21.6 Å². The van der Waals surface area contributed by atoms with E-state index in [-0.39, 0.29) is 28.7 Å². The summed E-state index contributed by atoms with van der Waals surface area (Å²) in [6.07, 6.45) is 2.54. The van der Waals surface area contributed by atoms with E-state index in [1.165, 1.54) is 6.07 Å². The molecule has 1 amide bonds. The van der Waals surface area contributed by atoms with Gasteiger partial charge in [0.1, 0.15) is 11.6 Å². The van der Waals surface area contributed by atoms with Crippen molar-refractivity contribution in [1.82, 2.24) is 9.78 Å². The molecule has 24 heavy (non-hydrogen) atoms. The van der Waals surface area contributed by atoms with Crippen LogP contribution in [0.3, 0.4) is 0 Å². The van der Waals surface area contributed by atoms with Crippen LogP contribution in [0.1, 0.15) is 31.0 Å². The Morgan fingerprint density at radius 1 is 1.38 bits per heavy atom. The van der Waals surface area contributed by atoms with E-state index in [1.54, 1.807) is 29.1 Å². The Morgan fingerprint density at radius 3 is 2.62 bits per heavy atom. The van der Waals surface area contributed by atoms with Gasteiger partial charge < -0.3 is 5.32 Å². The molecule has 0 aliphatic carbocycles. The van der Waals surface area contributed by atoms with Gasteiger partial charge in [0.15, 0.2) is 15.7 Å². The van der Waals surface area contributed by atoms with E-state index in [4.69, 9.17) is 5.26 Å². The van der Waals surface area contributed by atoms with Crippen LogP contribution in [0.2, 0.25) is 0 Å². The number of amides is 1. The highest BCUT2D eigenvalue weighted by Gasteiger charge is 2.17. The fourth-order valence-electron chi connectivity index (χ4n) is 2.19. The number of hydrogen-bond acceptors (Lipinski definition) is 5. The second-order valence-corrected chi connectivity index (χ2v) is 7.67. The molecule has 0 saturated carbocycles. The van der Waals surface area contributed by atoms with Gasteiger partial charge in [0.25, 0.3) is 0 Å². The number of hydrogen-bond donors (Lipinski definition) is 1. The second-order valence-electron chi connectivity index (χ2n) is 5.68. The number of rotatable bonds is 5. The maximum atomic E-state index is 12.2. The molecule has 1 aromatic heterocycles. The van der Waals surface area contributed by atoms with Crippen LogP contribution in [0.5, 0.6) is 0 Å². The molecular formula is C16H18N4O3S. The van der Waals surface area contributed by atoms with E-state index in [0.717, 1.165) is 6.26 Å². The fourth-order valence-corrected chi connectivity index (χ4v) is 3.13. The van der Waals surface area contributed by atoms with Gasteiger partial charge in [0, 0.05) is 18.5 Å². The highest BCUT2D eigenvalue weighted by Crippen LogP contribution is 2.18. The maximum Gasteiger partial charge on any atom is 0.230 e. The molecule has 0 fully saturated rings. The molecular weight excluding hydrogens is 328 g/mol. The normalized spacial score (nSPS) is 11.3. The van der Waals surface area contributed by atoms with Crippen LogP contribution in [-0.4, -0.2) is 30.4 Å². The average molecular weight is 346 g/mol. The van der Waals surface area contributed by atoms with Crippen LogP contribution in [-0.2, 0) is 21.1 Å². The topological polar surface area (TPSA) is 105 Å². The molecule has 8 heteroatoms. The number of carbonyl (C=O) groups is 1. The summed E-state index contributed by atoms with van der Waals surface area (Å²) in [7, 11) is -3.42. The zero-order valence-electron chi connectivity index (χ0n) is 13.6. The van der Waals surface area contributed by atoms with Crippen LogP contribution in [0, 0.1) is 11.3 Å². The molecule has 2 aromatic rings. The van der Waals surface area contributed by atoms with Crippen LogP contribution < -0.4 is 5.32 Å². The summed E-state index contributed by atoms with van der Waals surface area (Å²) in [5.41, 5.74) is 0.660. The predicted octanol–water partition coefficient (Wildman–Crippen LogP) is 1.92. The summed E-state index contributed by atoms with van der Waals surface area (Å²) in [4.78, 5) is 12.4. The molecule has 0 saturated heterocycles. The van der Waals surface area contributed by atoms with E-state index >= 15 is 0 Å². The highest BCUT2D eigenvalue weighted by molar-refractivity contribution is 7.90. The van der Waals surface area contributed by atoms with Crippen LogP contribution in [0.25, 0.3) is 0 Å². The van der Waals surface area contributed by atoms with Gasteiger partial charge in [-0.3, -0.25) is 9.48 Å². The van der Waals surface area contributed by atoms with Crippen LogP contribution >= 0.6 is 0 Å². The Kier molecular flexibility index (Phi) is 5.04. The molecule has 0 radical (unpaired) electrons. The monoisotopic (exact) mass is 346 g/mol. The zero-order valence-corrected chi connectivity index (χ0v) is 14.5. The minimum absolute atomic E-state index is 0.0497. The Labute approximate surface area is 140 Å². The Hall–Kier alpha value is -2.66. The van der Waals surface area contributed by atoms with Crippen molar-refractivity contribution in [3.8, 4) is 6.07 Å². The number of anilines is 1. The zero-order chi connectivity index (χ0) is 17.9. The number of aromatic nitrogens is 2. The Bertz CT molecular complexity index is 908. The van der Waals surface area contributed by atoms with Gasteiger partial charge in [-0.1, -0.05) is 18.2 Å². The SMILES string of the molecule is CC(C)n1cc(C#N)c(NC(=O)Cc2ccccc2S(C)(=O)=O)n1. The van der Waals surface area contributed by atoms with Gasteiger partial charge in [0.05, 0.1) is 11.3 Å². The van der Waals surface area contributed by atoms with E-state index in [0.29, 0.717) is 5.56 Å². The lowest BCUT2D eigenvalue weighted by Gasteiger charge is -2.08. The second kappa shape index (κ2) is 6.84. The molecule has 0 aliphatic heterocycles. The van der Waals surface area contributed by atoms with Gasteiger partial charge in [-0.05, 0) is 25.5 Å². The van der Waals surface area contributed by atoms with Crippen molar-refractivity contribution in [2.75, 3.05) is 11.6 Å². The lowest BCUT2D eigenvalue weighted by molar-refractivity contribution is -0.115. The summed E-state index contributed by atoms with van der Waals surface area (Å²) in [6, 6.07) is 8.37. The first-order chi connectivity index (χ1) is 11.2. The molecule has 1 N–H and O–H groups in total. The smallest absolute Gasteiger partial charge is 0.230 e. The van der Waals surface area contributed by atoms with Crippen LogP contribution in [0.15, 0.2) is 35.4 Å². The molecule has 2 rings (SSSR count).